The van der Waals surface area contributed by atoms with Crippen LogP contribution in [-0.2, 0) is 4.74 Å². The van der Waals surface area contributed by atoms with Crippen molar-refractivity contribution in [2.24, 2.45) is 5.73 Å². The Balaban J connectivity index is 2.14. The molecule has 1 unspecified atom stereocenters. The summed E-state index contributed by atoms with van der Waals surface area (Å²) in [6.07, 6.45) is 0.807. The fourth-order valence-electron chi connectivity index (χ4n) is 2.02. The lowest BCUT2D eigenvalue weighted by Gasteiger charge is -2.16. The van der Waals surface area contributed by atoms with Gasteiger partial charge in [-0.3, -0.25) is 0 Å². The van der Waals surface area contributed by atoms with E-state index >= 15 is 0 Å². The van der Waals surface area contributed by atoms with Crippen molar-refractivity contribution in [1.29, 1.82) is 0 Å². The lowest BCUT2D eigenvalue weighted by Crippen LogP contribution is -2.38. The van der Waals surface area contributed by atoms with Gasteiger partial charge in [-0.05, 0) is 18.6 Å². The number of benzene rings is 1. The monoisotopic (exact) mass is 295 g/mol. The first-order valence-electron chi connectivity index (χ1n) is 6.24. The molecule has 4 N–H and O–H groups in total. The maximum absolute atomic E-state index is 12.0. The zero-order valence-corrected chi connectivity index (χ0v) is 12.0. The number of hydrogen-bond acceptors (Lipinski definition) is 4. The number of thiocarbonyl (C=S) groups is 1. The Kier molecular flexibility index (Phi) is 4.75. The Morgan fingerprint density at radius 3 is 2.95 bits per heavy atom. The molecule has 2 rings (SSSR count). The van der Waals surface area contributed by atoms with E-state index < -0.39 is 0 Å². The van der Waals surface area contributed by atoms with Gasteiger partial charge in [-0.25, -0.2) is 4.79 Å². The number of nitrogens with two attached hydrogens (primary N) is 1. The maximum atomic E-state index is 12.0. The molecule has 7 heteroatoms. The van der Waals surface area contributed by atoms with Crippen LogP contribution in [0, 0.1) is 0 Å². The molecule has 2 amide bonds. The van der Waals surface area contributed by atoms with Gasteiger partial charge < -0.3 is 25.8 Å². The molecule has 0 spiro atoms. The highest BCUT2D eigenvalue weighted by atomic mass is 32.1. The molecular weight excluding hydrogens is 278 g/mol. The quantitative estimate of drug-likeness (QED) is 0.728. The van der Waals surface area contributed by atoms with Crippen LogP contribution in [0.15, 0.2) is 18.2 Å². The van der Waals surface area contributed by atoms with Gasteiger partial charge in [-0.1, -0.05) is 18.3 Å². The maximum Gasteiger partial charge on any atom is 0.319 e. The van der Waals surface area contributed by atoms with Crippen LogP contribution >= 0.6 is 12.2 Å². The van der Waals surface area contributed by atoms with Crippen LogP contribution in [0.4, 0.5) is 10.5 Å². The highest BCUT2D eigenvalue weighted by molar-refractivity contribution is 7.80. The predicted molar refractivity (Wildman–Crippen MR) is 80.3 cm³/mol. The third-order valence-electron chi connectivity index (χ3n) is 3.02. The van der Waals surface area contributed by atoms with Gasteiger partial charge in [-0.2, -0.15) is 0 Å². The molecule has 1 saturated heterocycles. The van der Waals surface area contributed by atoms with E-state index in [1.807, 2.05) is 0 Å². The topological polar surface area (TPSA) is 85.6 Å². The minimum atomic E-state index is -0.331. The average Bonchev–Trinajstić information content (AvgIpc) is 2.91. The van der Waals surface area contributed by atoms with Crippen LogP contribution < -0.4 is 21.1 Å². The Hall–Kier alpha value is -1.86. The van der Waals surface area contributed by atoms with Gasteiger partial charge in [-0.15, -0.1) is 0 Å². The van der Waals surface area contributed by atoms with Gasteiger partial charge in [0, 0.05) is 12.2 Å². The van der Waals surface area contributed by atoms with Crippen LogP contribution in [0.3, 0.4) is 0 Å². The molecular formula is C13H17N3O3S. The fraction of sp³-hybridized carbons (Fsp3) is 0.385. The first-order chi connectivity index (χ1) is 9.61. The molecule has 1 aliphatic heterocycles. The molecule has 1 aliphatic rings. The second kappa shape index (κ2) is 6.53. The fourth-order valence-corrected chi connectivity index (χ4v) is 2.19. The average molecular weight is 295 g/mol. The van der Waals surface area contributed by atoms with Crippen LogP contribution in [0.5, 0.6) is 5.75 Å². The standard InChI is InChI=1S/C13H17N3O3S/c1-18-10-4-2-3-9(12(14)20)11(10)16-13(17)15-8-5-6-19-7-8/h2-4,8H,5-7H2,1H3,(H2,14,20)(H2,15,16,17). The molecule has 6 nitrogen and oxygen atoms in total. The molecule has 1 atom stereocenters. The zero-order chi connectivity index (χ0) is 14.5. The summed E-state index contributed by atoms with van der Waals surface area (Å²) in [5.41, 5.74) is 6.70. The number of ether oxygens (including phenoxy) is 2. The third-order valence-corrected chi connectivity index (χ3v) is 3.23. The third kappa shape index (κ3) is 3.37. The summed E-state index contributed by atoms with van der Waals surface area (Å²) in [7, 11) is 1.52. The largest absolute Gasteiger partial charge is 0.495 e. The summed E-state index contributed by atoms with van der Waals surface area (Å²) in [6, 6.07) is 4.93. The summed E-state index contributed by atoms with van der Waals surface area (Å²) >= 11 is 4.98. The van der Waals surface area contributed by atoms with Gasteiger partial charge >= 0.3 is 6.03 Å². The number of para-hydroxylation sites is 1. The van der Waals surface area contributed by atoms with Crippen molar-refractivity contribution in [3.63, 3.8) is 0 Å². The summed E-state index contributed by atoms with van der Waals surface area (Å²) in [5, 5.41) is 5.57. The number of rotatable bonds is 4. The SMILES string of the molecule is COc1cccc(C(N)=S)c1NC(=O)NC1CCOC1. The van der Waals surface area contributed by atoms with Gasteiger partial charge in [0.05, 0.1) is 25.4 Å². The van der Waals surface area contributed by atoms with Crippen molar-refractivity contribution in [3.8, 4) is 5.75 Å². The molecule has 1 heterocycles. The van der Waals surface area contributed by atoms with E-state index in [-0.39, 0.29) is 17.1 Å². The highest BCUT2D eigenvalue weighted by Crippen LogP contribution is 2.28. The minimum Gasteiger partial charge on any atom is -0.495 e. The molecule has 0 aromatic heterocycles. The van der Waals surface area contributed by atoms with Crippen molar-refractivity contribution in [2.75, 3.05) is 25.6 Å². The number of amides is 2. The lowest BCUT2D eigenvalue weighted by molar-refractivity contribution is 0.189. The number of anilines is 1. The van der Waals surface area contributed by atoms with Crippen molar-refractivity contribution < 1.29 is 14.3 Å². The Morgan fingerprint density at radius 1 is 1.55 bits per heavy atom. The van der Waals surface area contributed by atoms with E-state index in [1.165, 1.54) is 7.11 Å². The Labute approximate surface area is 122 Å². The molecule has 1 aromatic rings. The molecule has 1 fully saturated rings. The van der Waals surface area contributed by atoms with E-state index in [9.17, 15) is 4.79 Å². The summed E-state index contributed by atoms with van der Waals surface area (Å²) < 4.78 is 10.4. The number of urea groups is 1. The minimum absolute atomic E-state index is 0.0259. The van der Waals surface area contributed by atoms with Crippen molar-refractivity contribution >= 4 is 28.9 Å². The second-order valence-corrected chi connectivity index (χ2v) is 4.85. The van der Waals surface area contributed by atoms with Crippen molar-refractivity contribution in [2.45, 2.75) is 12.5 Å². The lowest BCUT2D eigenvalue weighted by atomic mass is 10.1. The van der Waals surface area contributed by atoms with Crippen molar-refractivity contribution in [3.05, 3.63) is 23.8 Å². The Bertz CT molecular complexity index is 516. The first-order valence-corrected chi connectivity index (χ1v) is 6.64. The van der Waals surface area contributed by atoms with Crippen LogP contribution in [-0.4, -0.2) is 37.4 Å². The summed E-state index contributed by atoms with van der Waals surface area (Å²) in [6.45, 7) is 1.19. The molecule has 0 saturated carbocycles. The summed E-state index contributed by atoms with van der Waals surface area (Å²) in [4.78, 5) is 12.2. The van der Waals surface area contributed by atoms with E-state index in [1.54, 1.807) is 18.2 Å². The zero-order valence-electron chi connectivity index (χ0n) is 11.1. The van der Waals surface area contributed by atoms with Crippen LogP contribution in [0.25, 0.3) is 0 Å². The van der Waals surface area contributed by atoms with Gasteiger partial charge in [0.25, 0.3) is 0 Å². The number of carbonyl (C=O) groups is 1. The number of hydrogen-bond donors (Lipinski definition) is 3. The van der Waals surface area contributed by atoms with Crippen molar-refractivity contribution in [1.82, 2.24) is 5.32 Å². The van der Waals surface area contributed by atoms with E-state index in [0.717, 1.165) is 6.42 Å². The van der Waals surface area contributed by atoms with E-state index in [4.69, 9.17) is 27.4 Å². The first kappa shape index (κ1) is 14.5. The molecule has 108 valence electrons. The highest BCUT2D eigenvalue weighted by Gasteiger charge is 2.19. The molecule has 0 radical (unpaired) electrons. The normalized spacial score (nSPS) is 17.6. The van der Waals surface area contributed by atoms with Crippen LogP contribution in [0.1, 0.15) is 12.0 Å². The van der Waals surface area contributed by atoms with E-state index in [2.05, 4.69) is 10.6 Å². The number of carbonyl (C=O) groups excluding carboxylic acids is 1. The smallest absolute Gasteiger partial charge is 0.319 e. The molecule has 1 aromatic carbocycles. The molecule has 0 aliphatic carbocycles. The number of methoxy groups -OCH3 is 1. The summed E-state index contributed by atoms with van der Waals surface area (Å²) in [5.74, 6) is 0.508. The predicted octanol–water partition coefficient (Wildman–Crippen LogP) is 1.24. The van der Waals surface area contributed by atoms with Gasteiger partial charge in [0.2, 0.25) is 0 Å². The number of nitrogens with one attached hydrogen (secondary N) is 2. The van der Waals surface area contributed by atoms with E-state index in [0.29, 0.717) is 30.2 Å². The van der Waals surface area contributed by atoms with Gasteiger partial charge in [0.1, 0.15) is 10.7 Å². The van der Waals surface area contributed by atoms with Crippen LogP contribution in [0.2, 0.25) is 0 Å². The second-order valence-electron chi connectivity index (χ2n) is 4.41. The van der Waals surface area contributed by atoms with Gasteiger partial charge in [0.15, 0.2) is 0 Å². The molecule has 0 bridgehead atoms. The molecule has 20 heavy (non-hydrogen) atoms. The Morgan fingerprint density at radius 2 is 2.35 bits per heavy atom.